The molecule has 0 bridgehead atoms. The van der Waals surface area contributed by atoms with Crippen molar-refractivity contribution in [2.45, 2.75) is 58.1 Å². The maximum Gasteiger partial charge on any atom is 0.248 e. The van der Waals surface area contributed by atoms with Crippen molar-refractivity contribution in [3.05, 3.63) is 66.0 Å². The third kappa shape index (κ3) is 6.19. The van der Waals surface area contributed by atoms with Gasteiger partial charge < -0.3 is 15.0 Å². The van der Waals surface area contributed by atoms with Gasteiger partial charge in [-0.2, -0.15) is 0 Å². The highest BCUT2D eigenvalue weighted by atomic mass is 16.5. The number of nitrogens with zero attached hydrogens (tertiary/aromatic N) is 2. The molecular formula is C26H33N3O3. The standard InChI is InChI=1S/C26H33N3O3/c1-3-29(4-2)25(31)26(17-7-5-8-18-26)28-24(30)16-13-21-11-14-23(15-12-21)32-20-22-10-6-9-19-27-22/h6,9-16,19H,3-5,7-8,17-18,20H2,1-2H3,(H,28,30). The Kier molecular flexibility index (Phi) is 8.42. The third-order valence-electron chi connectivity index (χ3n) is 5.95. The summed E-state index contributed by atoms with van der Waals surface area (Å²) in [5, 5.41) is 3.05. The van der Waals surface area contributed by atoms with Crippen LogP contribution in [0.4, 0.5) is 0 Å². The van der Waals surface area contributed by atoms with E-state index in [0.29, 0.717) is 32.5 Å². The normalized spacial score (nSPS) is 15.3. The van der Waals surface area contributed by atoms with E-state index in [1.165, 1.54) is 6.08 Å². The number of pyridine rings is 1. The summed E-state index contributed by atoms with van der Waals surface area (Å²) in [7, 11) is 0. The topological polar surface area (TPSA) is 71.5 Å². The highest BCUT2D eigenvalue weighted by molar-refractivity contribution is 5.97. The summed E-state index contributed by atoms with van der Waals surface area (Å²) in [6, 6.07) is 13.2. The van der Waals surface area contributed by atoms with Crippen molar-refractivity contribution in [2.75, 3.05) is 13.1 Å². The van der Waals surface area contributed by atoms with Gasteiger partial charge in [0, 0.05) is 25.4 Å². The van der Waals surface area contributed by atoms with E-state index in [0.717, 1.165) is 36.3 Å². The van der Waals surface area contributed by atoms with Crippen LogP contribution in [0.25, 0.3) is 6.08 Å². The van der Waals surface area contributed by atoms with Crippen LogP contribution in [0.15, 0.2) is 54.7 Å². The van der Waals surface area contributed by atoms with Crippen molar-refractivity contribution in [3.63, 3.8) is 0 Å². The molecule has 1 aliphatic rings. The fourth-order valence-electron chi connectivity index (χ4n) is 4.13. The lowest BCUT2D eigenvalue weighted by Gasteiger charge is -2.39. The number of nitrogens with one attached hydrogen (secondary N) is 1. The lowest BCUT2D eigenvalue weighted by molar-refractivity contribution is -0.142. The van der Waals surface area contributed by atoms with Crippen molar-refractivity contribution in [2.24, 2.45) is 0 Å². The molecule has 0 unspecified atom stereocenters. The maximum absolute atomic E-state index is 13.2. The van der Waals surface area contributed by atoms with Gasteiger partial charge in [0.05, 0.1) is 5.69 Å². The third-order valence-corrected chi connectivity index (χ3v) is 5.95. The van der Waals surface area contributed by atoms with Gasteiger partial charge in [0.15, 0.2) is 0 Å². The molecule has 0 atom stereocenters. The van der Waals surface area contributed by atoms with Crippen LogP contribution in [0, 0.1) is 0 Å². The number of likely N-dealkylation sites (N-methyl/N-ethyl adjacent to an activating group) is 1. The predicted octanol–water partition coefficient (Wildman–Crippen LogP) is 4.36. The fourth-order valence-corrected chi connectivity index (χ4v) is 4.13. The Balaban J connectivity index is 1.60. The number of rotatable bonds is 9. The number of aromatic nitrogens is 1. The minimum atomic E-state index is -0.783. The Hall–Kier alpha value is -3.15. The van der Waals surface area contributed by atoms with E-state index in [9.17, 15) is 9.59 Å². The SMILES string of the molecule is CCN(CC)C(=O)C1(NC(=O)C=Cc2ccc(OCc3ccccn3)cc2)CCCCC1. The van der Waals surface area contributed by atoms with E-state index in [1.807, 2.05) is 61.2 Å². The molecule has 0 saturated heterocycles. The Bertz CT molecular complexity index is 900. The van der Waals surface area contributed by atoms with Gasteiger partial charge in [-0.1, -0.05) is 37.5 Å². The largest absolute Gasteiger partial charge is 0.487 e. The minimum Gasteiger partial charge on any atom is -0.487 e. The van der Waals surface area contributed by atoms with E-state index in [4.69, 9.17) is 4.74 Å². The lowest BCUT2D eigenvalue weighted by Crippen LogP contribution is -2.60. The molecule has 0 spiro atoms. The Morgan fingerprint density at radius 2 is 1.78 bits per heavy atom. The van der Waals surface area contributed by atoms with Crippen LogP contribution in [-0.4, -0.2) is 40.3 Å². The first-order chi connectivity index (χ1) is 15.6. The van der Waals surface area contributed by atoms with Gasteiger partial charge in [-0.25, -0.2) is 0 Å². The second-order valence-electron chi connectivity index (χ2n) is 8.12. The fraction of sp³-hybridized carbons (Fsp3) is 0.423. The first kappa shape index (κ1) is 23.5. The van der Waals surface area contributed by atoms with Gasteiger partial charge in [0.25, 0.3) is 0 Å². The highest BCUT2D eigenvalue weighted by Crippen LogP contribution is 2.30. The smallest absolute Gasteiger partial charge is 0.248 e. The number of hydrogen-bond donors (Lipinski definition) is 1. The first-order valence-electron chi connectivity index (χ1n) is 11.5. The van der Waals surface area contributed by atoms with Gasteiger partial charge >= 0.3 is 0 Å². The number of carbonyl (C=O) groups excluding carboxylic acids is 2. The molecule has 170 valence electrons. The monoisotopic (exact) mass is 435 g/mol. The van der Waals surface area contributed by atoms with Crippen LogP contribution in [-0.2, 0) is 16.2 Å². The molecule has 1 aromatic heterocycles. The van der Waals surface area contributed by atoms with Gasteiger partial charge in [0.1, 0.15) is 17.9 Å². The molecule has 0 aliphatic heterocycles. The summed E-state index contributed by atoms with van der Waals surface area (Å²) < 4.78 is 5.75. The van der Waals surface area contributed by atoms with Crippen LogP contribution >= 0.6 is 0 Å². The number of ether oxygens (including phenoxy) is 1. The second kappa shape index (κ2) is 11.5. The maximum atomic E-state index is 13.2. The number of carbonyl (C=O) groups is 2. The Labute approximate surface area is 190 Å². The zero-order valence-corrected chi connectivity index (χ0v) is 19.0. The molecule has 1 saturated carbocycles. The van der Waals surface area contributed by atoms with Crippen molar-refractivity contribution in [1.82, 2.24) is 15.2 Å². The second-order valence-corrected chi connectivity index (χ2v) is 8.12. The van der Waals surface area contributed by atoms with Crippen molar-refractivity contribution in [1.29, 1.82) is 0 Å². The summed E-state index contributed by atoms with van der Waals surface area (Å²) >= 11 is 0. The molecule has 1 fully saturated rings. The number of amides is 2. The molecule has 1 aliphatic carbocycles. The van der Waals surface area contributed by atoms with Gasteiger partial charge in [-0.05, 0) is 62.6 Å². The quantitative estimate of drug-likeness (QED) is 0.594. The van der Waals surface area contributed by atoms with Crippen LogP contribution < -0.4 is 10.1 Å². The minimum absolute atomic E-state index is 0.0401. The van der Waals surface area contributed by atoms with Gasteiger partial charge in [0.2, 0.25) is 11.8 Å². The van der Waals surface area contributed by atoms with Crippen LogP contribution in [0.2, 0.25) is 0 Å². The Morgan fingerprint density at radius 1 is 1.06 bits per heavy atom. The van der Waals surface area contributed by atoms with E-state index in [2.05, 4.69) is 10.3 Å². The van der Waals surface area contributed by atoms with E-state index < -0.39 is 5.54 Å². The van der Waals surface area contributed by atoms with E-state index in [1.54, 1.807) is 12.3 Å². The highest BCUT2D eigenvalue weighted by Gasteiger charge is 2.42. The Morgan fingerprint density at radius 3 is 2.41 bits per heavy atom. The number of benzene rings is 1. The summed E-state index contributed by atoms with van der Waals surface area (Å²) in [6.07, 6.45) is 9.42. The predicted molar refractivity (Wildman–Crippen MR) is 126 cm³/mol. The molecule has 1 heterocycles. The van der Waals surface area contributed by atoms with Crippen LogP contribution in [0.3, 0.4) is 0 Å². The summed E-state index contributed by atoms with van der Waals surface area (Å²) in [5.74, 6) is 0.546. The molecule has 2 amide bonds. The molecule has 1 aromatic carbocycles. The molecule has 0 radical (unpaired) electrons. The molecule has 1 N–H and O–H groups in total. The zero-order valence-electron chi connectivity index (χ0n) is 19.0. The molecule has 6 nitrogen and oxygen atoms in total. The number of hydrogen-bond acceptors (Lipinski definition) is 4. The van der Waals surface area contributed by atoms with Crippen molar-refractivity contribution >= 4 is 17.9 Å². The van der Waals surface area contributed by atoms with Gasteiger partial charge in [-0.15, -0.1) is 0 Å². The molecule has 2 aromatic rings. The van der Waals surface area contributed by atoms with Crippen molar-refractivity contribution in [3.8, 4) is 5.75 Å². The van der Waals surface area contributed by atoms with E-state index >= 15 is 0 Å². The average Bonchev–Trinajstić information content (AvgIpc) is 2.84. The zero-order chi connectivity index (χ0) is 22.8. The summed E-state index contributed by atoms with van der Waals surface area (Å²) in [6.45, 7) is 5.66. The molecule has 32 heavy (non-hydrogen) atoms. The molecule has 6 heteroatoms. The van der Waals surface area contributed by atoms with Gasteiger partial charge in [-0.3, -0.25) is 14.6 Å². The summed E-state index contributed by atoms with van der Waals surface area (Å²) in [5.41, 5.74) is 0.969. The molecule has 3 rings (SSSR count). The van der Waals surface area contributed by atoms with Crippen molar-refractivity contribution < 1.29 is 14.3 Å². The molecular weight excluding hydrogens is 402 g/mol. The summed E-state index contributed by atoms with van der Waals surface area (Å²) in [4.78, 5) is 31.9. The van der Waals surface area contributed by atoms with Crippen LogP contribution in [0.1, 0.15) is 57.2 Å². The van der Waals surface area contributed by atoms with E-state index in [-0.39, 0.29) is 11.8 Å². The average molecular weight is 436 g/mol. The van der Waals surface area contributed by atoms with Crippen LogP contribution in [0.5, 0.6) is 5.75 Å². The lowest BCUT2D eigenvalue weighted by atomic mass is 9.80. The first-order valence-corrected chi connectivity index (χ1v) is 11.5.